The van der Waals surface area contributed by atoms with Crippen molar-refractivity contribution >= 4 is 17.5 Å². The molecule has 6 heteroatoms. The number of aromatic nitrogens is 2. The molecule has 0 aliphatic rings. The van der Waals surface area contributed by atoms with Gasteiger partial charge in [0.1, 0.15) is 11.6 Å². The Morgan fingerprint density at radius 2 is 2.00 bits per heavy atom. The first-order chi connectivity index (χ1) is 10.5. The van der Waals surface area contributed by atoms with E-state index < -0.39 is 0 Å². The van der Waals surface area contributed by atoms with Crippen molar-refractivity contribution in [2.75, 3.05) is 24.3 Å². The molecular weight excluding hydrogens is 278 g/mol. The third-order valence-corrected chi connectivity index (χ3v) is 3.41. The SMILES string of the molecule is Cc1cccc(NC(=O)NCc2nccc(N(C)C)n2)c1C. The Morgan fingerprint density at radius 3 is 2.73 bits per heavy atom. The van der Waals surface area contributed by atoms with Crippen molar-refractivity contribution in [2.45, 2.75) is 20.4 Å². The average Bonchev–Trinajstić information content (AvgIpc) is 2.50. The molecule has 1 aromatic carbocycles. The van der Waals surface area contributed by atoms with Crippen LogP contribution in [0.5, 0.6) is 0 Å². The molecule has 0 spiro atoms. The van der Waals surface area contributed by atoms with Crippen LogP contribution >= 0.6 is 0 Å². The Labute approximate surface area is 130 Å². The van der Waals surface area contributed by atoms with E-state index in [1.807, 2.05) is 57.1 Å². The summed E-state index contributed by atoms with van der Waals surface area (Å²) in [6.07, 6.45) is 1.68. The number of anilines is 2. The van der Waals surface area contributed by atoms with E-state index in [-0.39, 0.29) is 12.6 Å². The Kier molecular flexibility index (Phi) is 4.93. The van der Waals surface area contributed by atoms with Crippen molar-refractivity contribution in [2.24, 2.45) is 0 Å². The lowest BCUT2D eigenvalue weighted by Gasteiger charge is -2.13. The lowest BCUT2D eigenvalue weighted by molar-refractivity contribution is 0.251. The maximum atomic E-state index is 12.0. The lowest BCUT2D eigenvalue weighted by Crippen LogP contribution is -2.29. The summed E-state index contributed by atoms with van der Waals surface area (Å²) in [5, 5.41) is 5.61. The second-order valence-corrected chi connectivity index (χ2v) is 5.28. The van der Waals surface area contributed by atoms with Crippen molar-refractivity contribution in [3.8, 4) is 0 Å². The van der Waals surface area contributed by atoms with Crippen molar-refractivity contribution < 1.29 is 4.79 Å². The molecule has 2 aromatic rings. The zero-order valence-corrected chi connectivity index (χ0v) is 13.3. The first kappa shape index (κ1) is 15.8. The number of aryl methyl sites for hydroxylation is 1. The molecule has 2 amide bonds. The summed E-state index contributed by atoms with van der Waals surface area (Å²) >= 11 is 0. The van der Waals surface area contributed by atoms with Crippen LogP contribution in [0.3, 0.4) is 0 Å². The number of carbonyl (C=O) groups is 1. The molecular formula is C16H21N5O. The third-order valence-electron chi connectivity index (χ3n) is 3.41. The second-order valence-electron chi connectivity index (χ2n) is 5.28. The van der Waals surface area contributed by atoms with Crippen molar-refractivity contribution in [3.05, 3.63) is 47.4 Å². The Hall–Kier alpha value is -2.63. The van der Waals surface area contributed by atoms with Crippen molar-refractivity contribution in [1.29, 1.82) is 0 Å². The van der Waals surface area contributed by atoms with Gasteiger partial charge in [-0.25, -0.2) is 14.8 Å². The summed E-state index contributed by atoms with van der Waals surface area (Å²) in [6, 6.07) is 7.36. The van der Waals surface area contributed by atoms with Crippen LogP contribution in [0.1, 0.15) is 17.0 Å². The van der Waals surface area contributed by atoms with E-state index in [9.17, 15) is 4.79 Å². The molecule has 2 rings (SSSR count). The van der Waals surface area contributed by atoms with E-state index in [2.05, 4.69) is 20.6 Å². The zero-order valence-electron chi connectivity index (χ0n) is 13.3. The van der Waals surface area contributed by atoms with Crippen molar-refractivity contribution in [1.82, 2.24) is 15.3 Å². The highest BCUT2D eigenvalue weighted by molar-refractivity contribution is 5.90. The van der Waals surface area contributed by atoms with Gasteiger partial charge >= 0.3 is 6.03 Å². The first-order valence-electron chi connectivity index (χ1n) is 7.07. The summed E-state index contributed by atoms with van der Waals surface area (Å²) in [7, 11) is 3.82. The standard InChI is InChI=1S/C16H21N5O/c1-11-6-5-7-13(12(11)2)19-16(22)18-10-14-17-9-8-15(20-14)21(3)4/h5-9H,10H2,1-4H3,(H2,18,19,22). The zero-order chi connectivity index (χ0) is 16.1. The summed E-state index contributed by atoms with van der Waals surface area (Å²) in [5.74, 6) is 1.38. The van der Waals surface area contributed by atoms with Crippen LogP contribution in [0, 0.1) is 13.8 Å². The maximum absolute atomic E-state index is 12.0. The van der Waals surface area contributed by atoms with Gasteiger partial charge in [-0.1, -0.05) is 12.1 Å². The van der Waals surface area contributed by atoms with Gasteiger partial charge in [0, 0.05) is 26.0 Å². The van der Waals surface area contributed by atoms with Gasteiger partial charge < -0.3 is 15.5 Å². The lowest BCUT2D eigenvalue weighted by atomic mass is 10.1. The van der Waals surface area contributed by atoms with Gasteiger partial charge in [0.25, 0.3) is 0 Å². The van der Waals surface area contributed by atoms with Gasteiger partial charge in [-0.3, -0.25) is 0 Å². The first-order valence-corrected chi connectivity index (χ1v) is 7.07. The van der Waals surface area contributed by atoms with Crippen LogP contribution in [-0.4, -0.2) is 30.1 Å². The summed E-state index contributed by atoms with van der Waals surface area (Å²) < 4.78 is 0. The third kappa shape index (κ3) is 3.94. The maximum Gasteiger partial charge on any atom is 0.319 e. The number of nitrogens with zero attached hydrogens (tertiary/aromatic N) is 3. The molecule has 0 fully saturated rings. The van der Waals surface area contributed by atoms with E-state index in [4.69, 9.17) is 0 Å². The molecule has 0 radical (unpaired) electrons. The molecule has 0 atom stereocenters. The summed E-state index contributed by atoms with van der Waals surface area (Å²) in [6.45, 7) is 4.27. The molecule has 0 saturated heterocycles. The number of benzene rings is 1. The largest absolute Gasteiger partial charge is 0.363 e. The average molecular weight is 299 g/mol. The Morgan fingerprint density at radius 1 is 1.23 bits per heavy atom. The number of amides is 2. The normalized spacial score (nSPS) is 10.2. The number of urea groups is 1. The predicted octanol–water partition coefficient (Wildman–Crippen LogP) is 2.48. The summed E-state index contributed by atoms with van der Waals surface area (Å²) in [5.41, 5.74) is 3.00. The number of rotatable bonds is 4. The summed E-state index contributed by atoms with van der Waals surface area (Å²) in [4.78, 5) is 22.4. The minimum absolute atomic E-state index is 0.271. The second kappa shape index (κ2) is 6.89. The Balaban J connectivity index is 1.96. The molecule has 0 saturated carbocycles. The van der Waals surface area contributed by atoms with Crippen LogP contribution in [0.4, 0.5) is 16.3 Å². The highest BCUT2D eigenvalue weighted by Gasteiger charge is 2.07. The van der Waals surface area contributed by atoms with Gasteiger partial charge in [0.2, 0.25) is 0 Å². The molecule has 1 heterocycles. The van der Waals surface area contributed by atoms with E-state index in [1.54, 1.807) is 6.20 Å². The van der Waals surface area contributed by atoms with E-state index >= 15 is 0 Å². The topological polar surface area (TPSA) is 70.2 Å². The molecule has 0 bridgehead atoms. The number of nitrogens with one attached hydrogen (secondary N) is 2. The smallest absolute Gasteiger partial charge is 0.319 e. The number of carbonyl (C=O) groups excluding carboxylic acids is 1. The molecule has 6 nitrogen and oxygen atoms in total. The van der Waals surface area contributed by atoms with E-state index in [1.165, 1.54) is 0 Å². The van der Waals surface area contributed by atoms with Crippen LogP contribution < -0.4 is 15.5 Å². The van der Waals surface area contributed by atoms with Crippen LogP contribution in [-0.2, 0) is 6.54 Å². The highest BCUT2D eigenvalue weighted by Crippen LogP contribution is 2.17. The molecule has 2 N–H and O–H groups in total. The fourth-order valence-electron chi connectivity index (χ4n) is 1.93. The minimum Gasteiger partial charge on any atom is -0.363 e. The van der Waals surface area contributed by atoms with Gasteiger partial charge in [0.05, 0.1) is 6.54 Å². The molecule has 0 aliphatic heterocycles. The fraction of sp³-hybridized carbons (Fsp3) is 0.312. The molecule has 1 aromatic heterocycles. The van der Waals surface area contributed by atoms with Gasteiger partial charge in [-0.15, -0.1) is 0 Å². The molecule has 0 unspecified atom stereocenters. The number of hydrogen-bond donors (Lipinski definition) is 2. The molecule has 0 aliphatic carbocycles. The van der Waals surface area contributed by atoms with Gasteiger partial charge in [0.15, 0.2) is 0 Å². The quantitative estimate of drug-likeness (QED) is 0.910. The number of hydrogen-bond acceptors (Lipinski definition) is 4. The van der Waals surface area contributed by atoms with Gasteiger partial charge in [-0.05, 0) is 37.1 Å². The Bertz CT molecular complexity index is 669. The highest BCUT2D eigenvalue weighted by atomic mass is 16.2. The predicted molar refractivity (Wildman–Crippen MR) is 88.1 cm³/mol. The van der Waals surface area contributed by atoms with E-state index in [0.29, 0.717) is 5.82 Å². The van der Waals surface area contributed by atoms with Crippen LogP contribution in [0.2, 0.25) is 0 Å². The molecule has 22 heavy (non-hydrogen) atoms. The van der Waals surface area contributed by atoms with E-state index in [0.717, 1.165) is 22.6 Å². The fourth-order valence-corrected chi connectivity index (χ4v) is 1.93. The van der Waals surface area contributed by atoms with Gasteiger partial charge in [-0.2, -0.15) is 0 Å². The minimum atomic E-state index is -0.271. The monoisotopic (exact) mass is 299 g/mol. The van der Waals surface area contributed by atoms with Crippen molar-refractivity contribution in [3.63, 3.8) is 0 Å². The molecule has 116 valence electrons. The van der Waals surface area contributed by atoms with Crippen LogP contribution in [0.25, 0.3) is 0 Å². The van der Waals surface area contributed by atoms with Crippen LogP contribution in [0.15, 0.2) is 30.5 Å².